The van der Waals surface area contributed by atoms with Crippen LogP contribution in [0.2, 0.25) is 10.0 Å². The topological polar surface area (TPSA) is 77.7 Å². The fraction of sp³-hybridized carbons (Fsp3) is 0.417. The van der Waals surface area contributed by atoms with Crippen molar-refractivity contribution in [2.24, 2.45) is 0 Å². The van der Waals surface area contributed by atoms with Crippen LogP contribution >= 0.6 is 23.2 Å². The molecule has 6 nitrogen and oxygen atoms in total. The summed E-state index contributed by atoms with van der Waals surface area (Å²) in [6, 6.07) is 4.46. The fourth-order valence-electron chi connectivity index (χ4n) is 2.04. The van der Waals surface area contributed by atoms with Gasteiger partial charge in [0.15, 0.2) is 15.7 Å². The molecule has 0 bridgehead atoms. The van der Waals surface area contributed by atoms with Crippen LogP contribution in [-0.2, 0) is 9.84 Å². The van der Waals surface area contributed by atoms with E-state index in [0.717, 1.165) is 12.8 Å². The lowest BCUT2D eigenvalue weighted by Gasteiger charge is -2.13. The molecular weight excluding hydrogens is 335 g/mol. The standard InChI is InChI=1S/C12H12Cl2N4O2S/c1-7(12-15-16-17-18(12)8-2-3-8)21(19,20)9-4-5-10(13)11(14)6-9/h4-8H,2-3H2,1H3/t7-/m1/s1. The van der Waals surface area contributed by atoms with E-state index in [1.165, 1.54) is 18.2 Å². The average Bonchev–Trinajstić information content (AvgIpc) is 3.18. The van der Waals surface area contributed by atoms with Gasteiger partial charge in [-0.1, -0.05) is 23.2 Å². The number of sulfone groups is 1. The Labute approximate surface area is 132 Å². The van der Waals surface area contributed by atoms with E-state index in [1.54, 1.807) is 11.6 Å². The SMILES string of the molecule is C[C@H](c1nnnn1C1CC1)S(=O)(=O)c1ccc(Cl)c(Cl)c1. The van der Waals surface area contributed by atoms with Crippen LogP contribution in [0.5, 0.6) is 0 Å². The van der Waals surface area contributed by atoms with Gasteiger partial charge in [-0.25, -0.2) is 13.1 Å². The van der Waals surface area contributed by atoms with Gasteiger partial charge in [0.1, 0.15) is 5.25 Å². The number of aromatic nitrogens is 4. The molecule has 1 aromatic carbocycles. The van der Waals surface area contributed by atoms with Crippen molar-refractivity contribution >= 4 is 33.0 Å². The first-order valence-electron chi connectivity index (χ1n) is 6.38. The number of rotatable bonds is 4. The number of halogens is 2. The van der Waals surface area contributed by atoms with Crippen molar-refractivity contribution in [2.75, 3.05) is 0 Å². The van der Waals surface area contributed by atoms with Crippen molar-refractivity contribution in [1.29, 1.82) is 0 Å². The highest BCUT2D eigenvalue weighted by Gasteiger charge is 2.35. The summed E-state index contributed by atoms with van der Waals surface area (Å²) in [5.74, 6) is 0.351. The van der Waals surface area contributed by atoms with Crippen LogP contribution in [0.15, 0.2) is 23.1 Å². The first-order valence-corrected chi connectivity index (χ1v) is 8.68. The van der Waals surface area contributed by atoms with Crippen molar-refractivity contribution in [3.05, 3.63) is 34.1 Å². The molecule has 0 spiro atoms. The second-order valence-corrected chi connectivity index (χ2v) is 8.06. The van der Waals surface area contributed by atoms with Crippen molar-refractivity contribution < 1.29 is 8.42 Å². The van der Waals surface area contributed by atoms with Gasteiger partial charge in [0.25, 0.3) is 0 Å². The summed E-state index contributed by atoms with van der Waals surface area (Å²) < 4.78 is 27.0. The van der Waals surface area contributed by atoms with Gasteiger partial charge in [-0.05, 0) is 48.4 Å². The molecule has 0 unspecified atom stereocenters. The van der Waals surface area contributed by atoms with Gasteiger partial charge >= 0.3 is 0 Å². The van der Waals surface area contributed by atoms with Gasteiger partial charge in [0.2, 0.25) is 0 Å². The Morgan fingerprint density at radius 2 is 2.00 bits per heavy atom. The lowest BCUT2D eigenvalue weighted by atomic mass is 10.4. The van der Waals surface area contributed by atoms with Crippen LogP contribution in [0.4, 0.5) is 0 Å². The Bertz CT molecular complexity index is 786. The quantitative estimate of drug-likeness (QED) is 0.850. The van der Waals surface area contributed by atoms with Crippen LogP contribution < -0.4 is 0 Å². The zero-order valence-electron chi connectivity index (χ0n) is 11.1. The predicted molar refractivity (Wildman–Crippen MR) is 78.2 cm³/mol. The number of hydrogen-bond acceptors (Lipinski definition) is 5. The summed E-state index contributed by atoms with van der Waals surface area (Å²) in [7, 11) is -3.64. The molecule has 0 saturated heterocycles. The number of nitrogens with zero attached hydrogens (tertiary/aromatic N) is 4. The molecule has 1 saturated carbocycles. The van der Waals surface area contributed by atoms with Crippen LogP contribution in [-0.4, -0.2) is 28.6 Å². The monoisotopic (exact) mass is 346 g/mol. The number of hydrogen-bond donors (Lipinski definition) is 0. The van der Waals surface area contributed by atoms with Crippen molar-refractivity contribution in [1.82, 2.24) is 20.2 Å². The van der Waals surface area contributed by atoms with Gasteiger partial charge in [-0.15, -0.1) is 5.10 Å². The van der Waals surface area contributed by atoms with E-state index in [2.05, 4.69) is 15.5 Å². The second kappa shape index (κ2) is 5.23. The van der Waals surface area contributed by atoms with E-state index >= 15 is 0 Å². The highest BCUT2D eigenvalue weighted by atomic mass is 35.5. The minimum atomic E-state index is -3.64. The van der Waals surface area contributed by atoms with Gasteiger partial charge in [-0.2, -0.15) is 0 Å². The molecule has 0 N–H and O–H groups in total. The van der Waals surface area contributed by atoms with E-state index in [1.807, 2.05) is 0 Å². The molecule has 1 aromatic heterocycles. The molecule has 0 radical (unpaired) electrons. The average molecular weight is 347 g/mol. The Balaban J connectivity index is 2.00. The molecule has 9 heteroatoms. The van der Waals surface area contributed by atoms with Gasteiger partial charge in [-0.3, -0.25) is 0 Å². The van der Waals surface area contributed by atoms with Gasteiger partial charge in [0.05, 0.1) is 21.0 Å². The molecular formula is C12H12Cl2N4O2S. The second-order valence-electron chi connectivity index (χ2n) is 4.98. The fourth-order valence-corrected chi connectivity index (χ4v) is 3.79. The lowest BCUT2D eigenvalue weighted by Crippen LogP contribution is -2.16. The highest BCUT2D eigenvalue weighted by Crippen LogP contribution is 2.38. The van der Waals surface area contributed by atoms with E-state index in [0.29, 0.717) is 10.8 Å². The molecule has 1 atom stereocenters. The number of benzene rings is 1. The van der Waals surface area contributed by atoms with E-state index in [9.17, 15) is 8.42 Å². The zero-order chi connectivity index (χ0) is 15.2. The molecule has 1 heterocycles. The van der Waals surface area contributed by atoms with Crippen LogP contribution in [0.1, 0.15) is 36.9 Å². The largest absolute Gasteiger partial charge is 0.225 e. The summed E-state index contributed by atoms with van der Waals surface area (Å²) in [5.41, 5.74) is 0. The van der Waals surface area contributed by atoms with Crippen molar-refractivity contribution in [2.45, 2.75) is 36.0 Å². The maximum atomic E-state index is 12.7. The zero-order valence-corrected chi connectivity index (χ0v) is 13.4. The normalized spacial score (nSPS) is 16.9. The third-order valence-electron chi connectivity index (χ3n) is 3.46. The van der Waals surface area contributed by atoms with E-state index in [-0.39, 0.29) is 16.0 Å². The molecule has 1 aliphatic carbocycles. The van der Waals surface area contributed by atoms with E-state index in [4.69, 9.17) is 23.2 Å². The smallest absolute Gasteiger partial charge is 0.188 e. The Morgan fingerprint density at radius 3 is 2.62 bits per heavy atom. The highest BCUT2D eigenvalue weighted by molar-refractivity contribution is 7.91. The molecule has 21 heavy (non-hydrogen) atoms. The van der Waals surface area contributed by atoms with Gasteiger partial charge in [0, 0.05) is 0 Å². The van der Waals surface area contributed by atoms with Crippen LogP contribution in [0, 0.1) is 0 Å². The summed E-state index contributed by atoms with van der Waals surface area (Å²) in [5, 5.41) is 11.0. The first kappa shape index (κ1) is 14.7. The predicted octanol–water partition coefficient (Wildman–Crippen LogP) is 2.85. The third kappa shape index (κ3) is 2.65. The molecule has 112 valence electrons. The molecule has 0 aliphatic heterocycles. The minimum absolute atomic E-state index is 0.106. The Morgan fingerprint density at radius 1 is 1.29 bits per heavy atom. The molecule has 0 amide bonds. The van der Waals surface area contributed by atoms with Crippen molar-refractivity contribution in [3.63, 3.8) is 0 Å². The molecule has 1 fully saturated rings. The maximum absolute atomic E-state index is 12.7. The van der Waals surface area contributed by atoms with Crippen LogP contribution in [0.3, 0.4) is 0 Å². The van der Waals surface area contributed by atoms with Gasteiger partial charge < -0.3 is 0 Å². The summed E-state index contributed by atoms with van der Waals surface area (Å²) >= 11 is 11.7. The summed E-state index contributed by atoms with van der Waals surface area (Å²) in [6.45, 7) is 1.57. The Hall–Kier alpha value is -1.18. The van der Waals surface area contributed by atoms with Crippen LogP contribution in [0.25, 0.3) is 0 Å². The first-order chi connectivity index (χ1) is 9.91. The maximum Gasteiger partial charge on any atom is 0.188 e. The van der Waals surface area contributed by atoms with E-state index < -0.39 is 15.1 Å². The summed E-state index contributed by atoms with van der Waals surface area (Å²) in [4.78, 5) is 0.106. The minimum Gasteiger partial charge on any atom is -0.225 e. The summed E-state index contributed by atoms with van der Waals surface area (Å²) in [6.07, 6.45) is 1.94. The molecule has 1 aliphatic rings. The third-order valence-corrected chi connectivity index (χ3v) is 6.25. The number of tetrazole rings is 1. The lowest BCUT2D eigenvalue weighted by molar-refractivity contribution is 0.556. The molecule has 2 aromatic rings. The molecule has 3 rings (SSSR count). The Kier molecular flexibility index (Phi) is 3.67. The van der Waals surface area contributed by atoms with Crippen molar-refractivity contribution in [3.8, 4) is 0 Å².